The van der Waals surface area contributed by atoms with Gasteiger partial charge in [0.15, 0.2) is 5.65 Å². The Morgan fingerprint density at radius 3 is 2.70 bits per heavy atom. The van der Waals surface area contributed by atoms with Crippen molar-refractivity contribution < 1.29 is 18.7 Å². The average Bonchev–Trinajstić information content (AvgIpc) is 3.46. The number of halogens is 1. The first kappa shape index (κ1) is 22.7. The lowest BCUT2D eigenvalue weighted by molar-refractivity contribution is 0.0252. The van der Waals surface area contributed by atoms with Gasteiger partial charge in [0.05, 0.1) is 23.2 Å². The number of fused-ring (bicyclic) bond motifs is 2. The zero-order valence-corrected chi connectivity index (χ0v) is 19.9. The minimum atomic E-state index is -0.402. The molecule has 1 amide bonds. The van der Waals surface area contributed by atoms with Crippen molar-refractivity contribution in [3.63, 3.8) is 0 Å². The second-order valence-electron chi connectivity index (χ2n) is 9.00. The largest absolute Gasteiger partial charge is 0.454 e. The topological polar surface area (TPSA) is 102 Å². The van der Waals surface area contributed by atoms with Crippen LogP contribution in [0.2, 0.25) is 0 Å². The molecule has 0 fully saturated rings. The molecule has 1 atom stereocenters. The predicted molar refractivity (Wildman–Crippen MR) is 135 cm³/mol. The third kappa shape index (κ3) is 4.24. The molecule has 0 spiro atoms. The van der Waals surface area contributed by atoms with Crippen LogP contribution in [0.3, 0.4) is 0 Å². The minimum absolute atomic E-state index is 0.301. The average molecular weight is 496 g/mol. The first-order valence-corrected chi connectivity index (χ1v) is 11.8. The zero-order valence-electron chi connectivity index (χ0n) is 19.9. The molecular formula is C28H22FN5O3. The van der Waals surface area contributed by atoms with Gasteiger partial charge >= 0.3 is 5.97 Å². The number of rotatable bonds is 5. The number of carbonyl (C=O) groups excluding carboxylic acids is 2. The van der Waals surface area contributed by atoms with E-state index in [0.717, 1.165) is 16.7 Å². The van der Waals surface area contributed by atoms with Crippen molar-refractivity contribution in [2.24, 2.45) is 0 Å². The first-order valence-electron chi connectivity index (χ1n) is 11.8. The number of nitrogens with one attached hydrogen (secondary N) is 2. The van der Waals surface area contributed by atoms with Crippen LogP contribution in [0.5, 0.6) is 0 Å². The van der Waals surface area contributed by atoms with Crippen LogP contribution in [0.1, 0.15) is 49.2 Å². The lowest BCUT2D eigenvalue weighted by atomic mass is 9.93. The molecule has 0 aliphatic carbocycles. The maximum absolute atomic E-state index is 13.3. The Morgan fingerprint density at radius 1 is 1.14 bits per heavy atom. The molecule has 3 aromatic carbocycles. The van der Waals surface area contributed by atoms with Crippen LogP contribution in [0.4, 0.5) is 10.2 Å². The maximum atomic E-state index is 13.3. The van der Waals surface area contributed by atoms with Crippen LogP contribution in [0.25, 0.3) is 11.0 Å². The van der Waals surface area contributed by atoms with Crippen molar-refractivity contribution in [3.8, 4) is 0 Å². The molecule has 0 radical (unpaired) electrons. The number of aryl methyl sites for hydroxylation is 1. The Kier molecular flexibility index (Phi) is 5.52. The number of carbonyl (C=O) groups is 2. The van der Waals surface area contributed by atoms with Crippen LogP contribution in [0, 0.1) is 12.7 Å². The van der Waals surface area contributed by atoms with Gasteiger partial charge in [-0.2, -0.15) is 10.2 Å². The fourth-order valence-corrected chi connectivity index (χ4v) is 4.68. The van der Waals surface area contributed by atoms with Crippen molar-refractivity contribution in [2.45, 2.75) is 26.0 Å². The fraction of sp³-hybridized carbons (Fsp3) is 0.143. The highest BCUT2D eigenvalue weighted by Crippen LogP contribution is 2.31. The summed E-state index contributed by atoms with van der Waals surface area (Å²) in [6, 6.07) is 20.7. The van der Waals surface area contributed by atoms with E-state index in [1.54, 1.807) is 35.0 Å². The highest BCUT2D eigenvalue weighted by molar-refractivity contribution is 6.08. The Bertz CT molecular complexity index is 1640. The Hall–Kier alpha value is -4.79. The summed E-state index contributed by atoms with van der Waals surface area (Å²) >= 11 is 0. The molecule has 6 rings (SSSR count). The van der Waals surface area contributed by atoms with Gasteiger partial charge in [0, 0.05) is 12.0 Å². The SMILES string of the molecule is Cc1nn(Cc2ccc(F)cc2)c2n[nH]c(NC(=O)c3ccc4c(c3)CC(c3ccccc3)OC4=O)c12. The number of esters is 1. The summed E-state index contributed by atoms with van der Waals surface area (Å²) < 4.78 is 20.6. The molecule has 0 saturated carbocycles. The fourth-order valence-electron chi connectivity index (χ4n) is 4.68. The van der Waals surface area contributed by atoms with E-state index in [2.05, 4.69) is 20.6 Å². The van der Waals surface area contributed by atoms with Crippen LogP contribution >= 0.6 is 0 Å². The third-order valence-corrected chi connectivity index (χ3v) is 6.52. The van der Waals surface area contributed by atoms with Crippen LogP contribution < -0.4 is 5.32 Å². The molecule has 0 saturated heterocycles. The van der Waals surface area contributed by atoms with Gasteiger partial charge < -0.3 is 10.1 Å². The number of anilines is 1. The summed E-state index contributed by atoms with van der Waals surface area (Å²) in [6.07, 6.45) is 0.0804. The monoisotopic (exact) mass is 495 g/mol. The zero-order chi connectivity index (χ0) is 25.5. The molecule has 8 nitrogen and oxygen atoms in total. The second-order valence-corrected chi connectivity index (χ2v) is 9.00. The molecule has 1 unspecified atom stereocenters. The summed E-state index contributed by atoms with van der Waals surface area (Å²) in [5, 5.41) is 15.4. The number of H-pyrrole nitrogens is 1. The molecule has 2 N–H and O–H groups in total. The Balaban J connectivity index is 1.24. The van der Waals surface area contributed by atoms with Gasteiger partial charge in [-0.05, 0) is 53.9 Å². The molecular weight excluding hydrogens is 473 g/mol. The van der Waals surface area contributed by atoms with E-state index < -0.39 is 12.1 Å². The highest BCUT2D eigenvalue weighted by Gasteiger charge is 2.28. The van der Waals surface area contributed by atoms with Crippen molar-refractivity contribution >= 4 is 28.7 Å². The van der Waals surface area contributed by atoms with E-state index >= 15 is 0 Å². The van der Waals surface area contributed by atoms with Crippen molar-refractivity contribution in [3.05, 3.63) is 112 Å². The second kappa shape index (κ2) is 9.02. The van der Waals surface area contributed by atoms with Gasteiger partial charge in [-0.15, -0.1) is 0 Å². The lowest BCUT2D eigenvalue weighted by Gasteiger charge is -2.25. The molecule has 3 heterocycles. The molecule has 1 aliphatic heterocycles. The van der Waals surface area contributed by atoms with E-state index in [1.165, 1.54) is 12.1 Å². The van der Waals surface area contributed by atoms with Crippen LogP contribution in [0.15, 0.2) is 72.8 Å². The lowest BCUT2D eigenvalue weighted by Crippen LogP contribution is -2.23. The smallest absolute Gasteiger partial charge is 0.339 e. The molecule has 37 heavy (non-hydrogen) atoms. The van der Waals surface area contributed by atoms with Crippen molar-refractivity contribution in [1.29, 1.82) is 0 Å². The summed E-state index contributed by atoms with van der Waals surface area (Å²) in [5.41, 5.74) is 4.70. The number of hydrogen-bond donors (Lipinski definition) is 2. The number of ether oxygens (including phenoxy) is 1. The van der Waals surface area contributed by atoms with Crippen LogP contribution in [-0.2, 0) is 17.7 Å². The molecule has 5 aromatic rings. The minimum Gasteiger partial charge on any atom is -0.454 e. The molecule has 1 aliphatic rings. The molecule has 0 bridgehead atoms. The number of aromatic amines is 1. The highest BCUT2D eigenvalue weighted by atomic mass is 19.1. The standard InChI is InChI=1S/C28H22FN5O3/c1-16-24-25(31-32-26(24)34(33-16)15-17-7-10-21(29)11-8-17)30-27(35)19-9-12-22-20(13-19)14-23(37-28(22)36)18-5-3-2-4-6-18/h2-13,23H,14-15H2,1H3,(H2,30,31,32,35). The summed E-state index contributed by atoms with van der Waals surface area (Å²) in [6.45, 7) is 2.25. The Morgan fingerprint density at radius 2 is 1.92 bits per heavy atom. The number of benzene rings is 3. The number of cyclic esters (lactones) is 1. The summed E-state index contributed by atoms with van der Waals surface area (Å²) in [5.74, 6) is -0.608. The van der Waals surface area contributed by atoms with Gasteiger partial charge in [-0.25, -0.2) is 13.9 Å². The summed E-state index contributed by atoms with van der Waals surface area (Å²) in [7, 11) is 0. The maximum Gasteiger partial charge on any atom is 0.339 e. The van der Waals surface area contributed by atoms with Gasteiger partial charge in [0.2, 0.25) is 0 Å². The van der Waals surface area contributed by atoms with E-state index in [-0.39, 0.29) is 11.7 Å². The van der Waals surface area contributed by atoms with Gasteiger partial charge in [-0.1, -0.05) is 42.5 Å². The van der Waals surface area contributed by atoms with Gasteiger partial charge in [0.25, 0.3) is 5.91 Å². The predicted octanol–water partition coefficient (Wildman–Crippen LogP) is 4.96. The van der Waals surface area contributed by atoms with Crippen LogP contribution in [-0.4, -0.2) is 31.9 Å². The van der Waals surface area contributed by atoms with Crippen molar-refractivity contribution in [1.82, 2.24) is 20.0 Å². The Labute approximate surface area is 211 Å². The number of amides is 1. The third-order valence-electron chi connectivity index (χ3n) is 6.52. The van der Waals surface area contributed by atoms with E-state index in [9.17, 15) is 14.0 Å². The van der Waals surface area contributed by atoms with Gasteiger partial charge in [0.1, 0.15) is 17.7 Å². The van der Waals surface area contributed by atoms with Gasteiger partial charge in [-0.3, -0.25) is 9.89 Å². The summed E-state index contributed by atoms with van der Waals surface area (Å²) in [4.78, 5) is 25.8. The number of hydrogen-bond acceptors (Lipinski definition) is 5. The quantitative estimate of drug-likeness (QED) is 0.336. The first-order chi connectivity index (χ1) is 18.0. The van der Waals surface area contributed by atoms with E-state index in [1.807, 2.05) is 37.3 Å². The number of nitrogens with zero attached hydrogens (tertiary/aromatic N) is 3. The van der Waals surface area contributed by atoms with E-state index in [4.69, 9.17) is 4.74 Å². The van der Waals surface area contributed by atoms with E-state index in [0.29, 0.717) is 46.6 Å². The van der Waals surface area contributed by atoms with Crippen molar-refractivity contribution in [2.75, 3.05) is 5.32 Å². The molecule has 9 heteroatoms. The normalized spacial score (nSPS) is 14.9. The number of aromatic nitrogens is 4. The molecule has 2 aromatic heterocycles. The molecule has 184 valence electrons.